The van der Waals surface area contributed by atoms with Crippen LogP contribution >= 0.6 is 0 Å². The maximum absolute atomic E-state index is 11.2. The van der Waals surface area contributed by atoms with Crippen LogP contribution in [0, 0.1) is 0 Å². The van der Waals surface area contributed by atoms with Crippen LogP contribution in [-0.2, 0) is 14.3 Å². The fourth-order valence-electron chi connectivity index (χ4n) is 1.31. The Hall–Kier alpha value is -0.610. The van der Waals surface area contributed by atoms with Gasteiger partial charge in [-0.2, -0.15) is 0 Å². The van der Waals surface area contributed by atoms with Crippen molar-refractivity contribution in [1.29, 1.82) is 0 Å². The van der Waals surface area contributed by atoms with Gasteiger partial charge in [0, 0.05) is 20.1 Å². The summed E-state index contributed by atoms with van der Waals surface area (Å²) >= 11 is 0. The van der Waals surface area contributed by atoms with Gasteiger partial charge in [0.1, 0.15) is 6.04 Å². The van der Waals surface area contributed by atoms with Crippen molar-refractivity contribution in [2.75, 3.05) is 20.3 Å². The summed E-state index contributed by atoms with van der Waals surface area (Å²) in [5.41, 5.74) is 0. The van der Waals surface area contributed by atoms with Crippen LogP contribution < -0.4 is 5.32 Å². The molecule has 4 heteroatoms. The van der Waals surface area contributed by atoms with Crippen molar-refractivity contribution >= 4 is 5.97 Å². The van der Waals surface area contributed by atoms with Crippen LogP contribution in [0.2, 0.25) is 0 Å². The van der Waals surface area contributed by atoms with Crippen LogP contribution in [0.3, 0.4) is 0 Å². The summed E-state index contributed by atoms with van der Waals surface area (Å²) in [4.78, 5) is 11.2. The van der Waals surface area contributed by atoms with E-state index in [1.54, 1.807) is 14.0 Å². The van der Waals surface area contributed by atoms with Gasteiger partial charge in [-0.05, 0) is 6.92 Å². The quantitative estimate of drug-likeness (QED) is 0.607. The summed E-state index contributed by atoms with van der Waals surface area (Å²) in [6.07, 6.45) is 0.870. The molecule has 1 aliphatic heterocycles. The number of rotatable bonds is 3. The van der Waals surface area contributed by atoms with Crippen molar-refractivity contribution in [1.82, 2.24) is 5.32 Å². The molecule has 0 bridgehead atoms. The van der Waals surface area contributed by atoms with Gasteiger partial charge in [-0.15, -0.1) is 0 Å². The molecule has 0 aromatic carbocycles. The van der Waals surface area contributed by atoms with Crippen molar-refractivity contribution in [2.45, 2.75) is 25.5 Å². The lowest BCUT2D eigenvalue weighted by molar-refractivity contribution is -0.145. The number of carbonyl (C=O) groups excluding carboxylic acids is 1. The number of methoxy groups -OCH3 is 1. The van der Waals surface area contributed by atoms with Gasteiger partial charge in [0.05, 0.1) is 12.7 Å². The lowest BCUT2D eigenvalue weighted by Crippen LogP contribution is -2.32. The zero-order valence-electron chi connectivity index (χ0n) is 7.50. The third kappa shape index (κ3) is 2.19. The molecule has 1 heterocycles. The van der Waals surface area contributed by atoms with E-state index >= 15 is 0 Å². The van der Waals surface area contributed by atoms with E-state index in [0.717, 1.165) is 13.0 Å². The van der Waals surface area contributed by atoms with Crippen molar-refractivity contribution in [3.05, 3.63) is 0 Å². The third-order valence-corrected chi connectivity index (χ3v) is 1.99. The van der Waals surface area contributed by atoms with E-state index in [-0.39, 0.29) is 18.1 Å². The molecule has 1 fully saturated rings. The monoisotopic (exact) mass is 173 g/mol. The highest BCUT2D eigenvalue weighted by molar-refractivity contribution is 5.76. The Kier molecular flexibility index (Phi) is 3.49. The molecule has 1 saturated heterocycles. The van der Waals surface area contributed by atoms with Gasteiger partial charge in [0.25, 0.3) is 0 Å². The maximum Gasteiger partial charge on any atom is 0.323 e. The van der Waals surface area contributed by atoms with Gasteiger partial charge in [0.15, 0.2) is 0 Å². The second-order valence-corrected chi connectivity index (χ2v) is 2.81. The second kappa shape index (κ2) is 4.42. The Morgan fingerprint density at radius 1 is 1.67 bits per heavy atom. The SMILES string of the molecule is CCOC(=O)[C@H]1C[C@H](OC)CN1. The molecule has 1 N–H and O–H groups in total. The normalized spacial score (nSPS) is 28.8. The first-order valence-electron chi connectivity index (χ1n) is 4.20. The van der Waals surface area contributed by atoms with Gasteiger partial charge in [-0.1, -0.05) is 0 Å². The van der Waals surface area contributed by atoms with E-state index in [9.17, 15) is 4.79 Å². The first kappa shape index (κ1) is 9.48. The largest absolute Gasteiger partial charge is 0.465 e. The molecular weight excluding hydrogens is 158 g/mol. The van der Waals surface area contributed by atoms with Gasteiger partial charge < -0.3 is 14.8 Å². The summed E-state index contributed by atoms with van der Waals surface area (Å²) in [7, 11) is 1.65. The fraction of sp³-hybridized carbons (Fsp3) is 0.875. The summed E-state index contributed by atoms with van der Waals surface area (Å²) in [5, 5.41) is 3.04. The topological polar surface area (TPSA) is 47.6 Å². The number of carbonyl (C=O) groups is 1. The number of hydrogen-bond donors (Lipinski definition) is 1. The smallest absolute Gasteiger partial charge is 0.323 e. The lowest BCUT2D eigenvalue weighted by Gasteiger charge is -2.08. The molecule has 0 amide bonds. The van der Waals surface area contributed by atoms with Crippen LogP contribution in [0.25, 0.3) is 0 Å². The minimum atomic E-state index is -0.171. The number of esters is 1. The summed E-state index contributed by atoms with van der Waals surface area (Å²) in [6, 6.07) is -0.171. The molecule has 0 saturated carbocycles. The Labute approximate surface area is 72.2 Å². The first-order chi connectivity index (χ1) is 5.77. The highest BCUT2D eigenvalue weighted by Crippen LogP contribution is 2.10. The van der Waals surface area contributed by atoms with Crippen molar-refractivity contribution < 1.29 is 14.3 Å². The van der Waals surface area contributed by atoms with Crippen molar-refractivity contribution in [3.63, 3.8) is 0 Å². The Morgan fingerprint density at radius 3 is 2.92 bits per heavy atom. The van der Waals surface area contributed by atoms with Gasteiger partial charge in [-0.3, -0.25) is 4.79 Å². The minimum absolute atomic E-state index is 0.152. The molecular formula is C8H15NO3. The molecule has 0 spiro atoms. The lowest BCUT2D eigenvalue weighted by atomic mass is 10.2. The molecule has 1 rings (SSSR count). The van der Waals surface area contributed by atoms with Crippen LogP contribution in [0.4, 0.5) is 0 Å². The van der Waals surface area contributed by atoms with E-state index in [0.29, 0.717) is 6.61 Å². The van der Waals surface area contributed by atoms with Gasteiger partial charge >= 0.3 is 5.97 Å². The fourth-order valence-corrected chi connectivity index (χ4v) is 1.31. The molecule has 0 radical (unpaired) electrons. The summed E-state index contributed by atoms with van der Waals surface area (Å²) < 4.78 is 9.96. The molecule has 1 aliphatic rings. The predicted molar refractivity (Wildman–Crippen MR) is 43.8 cm³/mol. The van der Waals surface area contributed by atoms with Crippen molar-refractivity contribution in [3.8, 4) is 0 Å². The van der Waals surface area contributed by atoms with Gasteiger partial charge in [-0.25, -0.2) is 0 Å². The Morgan fingerprint density at radius 2 is 2.42 bits per heavy atom. The second-order valence-electron chi connectivity index (χ2n) is 2.81. The minimum Gasteiger partial charge on any atom is -0.465 e. The molecule has 4 nitrogen and oxygen atoms in total. The summed E-state index contributed by atoms with van der Waals surface area (Å²) in [6.45, 7) is 2.98. The van der Waals surface area contributed by atoms with Crippen LogP contribution in [0.1, 0.15) is 13.3 Å². The number of ether oxygens (including phenoxy) is 2. The molecule has 70 valence electrons. The van der Waals surface area contributed by atoms with E-state index in [1.165, 1.54) is 0 Å². The van der Waals surface area contributed by atoms with E-state index in [4.69, 9.17) is 9.47 Å². The highest BCUT2D eigenvalue weighted by Gasteiger charge is 2.29. The first-order valence-corrected chi connectivity index (χ1v) is 4.20. The van der Waals surface area contributed by atoms with Crippen LogP contribution in [0.15, 0.2) is 0 Å². The average molecular weight is 173 g/mol. The number of nitrogens with one attached hydrogen (secondary N) is 1. The number of hydrogen-bond acceptors (Lipinski definition) is 4. The predicted octanol–water partition coefficient (Wildman–Crippen LogP) is -0.0736. The highest BCUT2D eigenvalue weighted by atomic mass is 16.5. The summed E-state index contributed by atoms with van der Waals surface area (Å²) in [5.74, 6) is -0.169. The standard InChI is InChI=1S/C8H15NO3/c1-3-12-8(10)7-4-6(11-2)5-9-7/h6-7,9H,3-5H2,1-2H3/t6-,7+/m0/s1. The Bertz CT molecular complexity index is 160. The van der Waals surface area contributed by atoms with Crippen LogP contribution in [-0.4, -0.2) is 38.4 Å². The molecule has 0 unspecified atom stereocenters. The van der Waals surface area contributed by atoms with E-state index in [2.05, 4.69) is 5.32 Å². The molecule has 12 heavy (non-hydrogen) atoms. The zero-order valence-corrected chi connectivity index (χ0v) is 7.50. The average Bonchev–Trinajstić information content (AvgIpc) is 2.52. The maximum atomic E-state index is 11.2. The van der Waals surface area contributed by atoms with E-state index in [1.807, 2.05) is 0 Å². The Balaban J connectivity index is 2.31. The molecule has 0 aromatic heterocycles. The van der Waals surface area contributed by atoms with E-state index < -0.39 is 0 Å². The van der Waals surface area contributed by atoms with Crippen LogP contribution in [0.5, 0.6) is 0 Å². The van der Waals surface area contributed by atoms with Crippen molar-refractivity contribution in [2.24, 2.45) is 0 Å². The molecule has 0 aromatic rings. The zero-order chi connectivity index (χ0) is 8.97. The third-order valence-electron chi connectivity index (χ3n) is 1.99. The van der Waals surface area contributed by atoms with Gasteiger partial charge in [0.2, 0.25) is 0 Å². The molecule has 2 atom stereocenters. The molecule has 0 aliphatic carbocycles.